The molecule has 0 aliphatic rings. The molecule has 1 aromatic heterocycles. The van der Waals surface area contributed by atoms with Crippen LogP contribution in [0.3, 0.4) is 0 Å². The summed E-state index contributed by atoms with van der Waals surface area (Å²) in [7, 11) is 1.63. The molecule has 1 N–H and O–H groups in total. The van der Waals surface area contributed by atoms with Gasteiger partial charge in [0.25, 0.3) is 0 Å². The number of thiazole rings is 1. The van der Waals surface area contributed by atoms with Crippen LogP contribution in [0.2, 0.25) is 0 Å². The molecule has 3 aromatic rings. The van der Waals surface area contributed by atoms with Gasteiger partial charge < -0.3 is 10.1 Å². The molecule has 134 valence electrons. The number of amides is 1. The van der Waals surface area contributed by atoms with Crippen LogP contribution in [0.4, 0.5) is 0 Å². The van der Waals surface area contributed by atoms with Crippen LogP contribution in [0, 0.1) is 6.92 Å². The molecule has 0 saturated heterocycles. The summed E-state index contributed by atoms with van der Waals surface area (Å²) in [5.74, 6) is 0.722. The number of carbonyl (C=O) groups is 1. The third kappa shape index (κ3) is 4.29. The topological polar surface area (TPSA) is 51.2 Å². The predicted octanol–water partition coefficient (Wildman–Crippen LogP) is 4.55. The molecule has 1 unspecified atom stereocenters. The van der Waals surface area contributed by atoms with E-state index in [1.54, 1.807) is 18.4 Å². The van der Waals surface area contributed by atoms with Gasteiger partial charge in [0.15, 0.2) is 0 Å². The first kappa shape index (κ1) is 18.1. The zero-order valence-electron chi connectivity index (χ0n) is 15.2. The quantitative estimate of drug-likeness (QED) is 0.696. The number of ether oxygens (including phenoxy) is 1. The molecule has 0 bridgehead atoms. The Kier molecular flexibility index (Phi) is 5.68. The number of methoxy groups -OCH3 is 1. The Labute approximate surface area is 157 Å². The van der Waals surface area contributed by atoms with Crippen molar-refractivity contribution in [2.45, 2.75) is 26.3 Å². The van der Waals surface area contributed by atoms with Gasteiger partial charge in [-0.15, -0.1) is 11.3 Å². The van der Waals surface area contributed by atoms with Crippen LogP contribution in [0.15, 0.2) is 53.9 Å². The van der Waals surface area contributed by atoms with Crippen LogP contribution < -0.4 is 10.1 Å². The third-order valence-corrected chi connectivity index (χ3v) is 5.08. The van der Waals surface area contributed by atoms with Gasteiger partial charge in [0, 0.05) is 16.5 Å². The maximum absolute atomic E-state index is 12.4. The number of aryl methyl sites for hydroxylation is 1. The van der Waals surface area contributed by atoms with E-state index in [1.165, 1.54) is 5.56 Å². The van der Waals surface area contributed by atoms with Gasteiger partial charge in [-0.3, -0.25) is 4.79 Å². The first-order valence-electron chi connectivity index (χ1n) is 8.50. The van der Waals surface area contributed by atoms with Crippen molar-refractivity contribution in [1.82, 2.24) is 10.3 Å². The SMILES string of the molecule is COc1ccccc1C(C)NC(=O)Cc1csc(-c2cccc(C)c2)n1. The van der Waals surface area contributed by atoms with Gasteiger partial charge in [0.05, 0.1) is 25.3 Å². The van der Waals surface area contributed by atoms with Crippen molar-refractivity contribution < 1.29 is 9.53 Å². The summed E-state index contributed by atoms with van der Waals surface area (Å²) in [6, 6.07) is 15.8. The van der Waals surface area contributed by atoms with Crippen molar-refractivity contribution in [2.75, 3.05) is 7.11 Å². The largest absolute Gasteiger partial charge is 0.496 e. The third-order valence-electron chi connectivity index (χ3n) is 4.14. The fourth-order valence-electron chi connectivity index (χ4n) is 2.86. The highest BCUT2D eigenvalue weighted by Crippen LogP contribution is 2.26. The average molecular weight is 366 g/mol. The number of para-hydroxylation sites is 1. The Hall–Kier alpha value is -2.66. The maximum Gasteiger partial charge on any atom is 0.226 e. The summed E-state index contributed by atoms with van der Waals surface area (Å²) in [5, 5.41) is 5.91. The van der Waals surface area contributed by atoms with Crippen LogP contribution in [0.25, 0.3) is 10.6 Å². The van der Waals surface area contributed by atoms with E-state index in [0.717, 1.165) is 27.6 Å². The molecule has 2 aromatic carbocycles. The van der Waals surface area contributed by atoms with Crippen LogP contribution in [0.5, 0.6) is 5.75 Å². The van der Waals surface area contributed by atoms with Gasteiger partial charge in [0.2, 0.25) is 5.91 Å². The number of hydrogen-bond donors (Lipinski definition) is 1. The molecule has 5 heteroatoms. The minimum absolute atomic E-state index is 0.0514. The summed E-state index contributed by atoms with van der Waals surface area (Å²) in [6.07, 6.45) is 0.266. The summed E-state index contributed by atoms with van der Waals surface area (Å²) < 4.78 is 5.37. The lowest BCUT2D eigenvalue weighted by atomic mass is 10.1. The smallest absolute Gasteiger partial charge is 0.226 e. The molecule has 26 heavy (non-hydrogen) atoms. The normalized spacial score (nSPS) is 11.8. The Bertz CT molecular complexity index is 904. The Balaban J connectivity index is 1.65. The summed E-state index contributed by atoms with van der Waals surface area (Å²) in [5.41, 5.74) is 4.03. The first-order chi connectivity index (χ1) is 12.6. The molecule has 1 amide bonds. The number of hydrogen-bond acceptors (Lipinski definition) is 4. The molecule has 0 fully saturated rings. The van der Waals surface area contributed by atoms with Crippen LogP contribution >= 0.6 is 11.3 Å². The number of nitrogens with one attached hydrogen (secondary N) is 1. The highest BCUT2D eigenvalue weighted by atomic mass is 32.1. The van der Waals surface area contributed by atoms with Crippen molar-refractivity contribution in [1.29, 1.82) is 0 Å². The van der Waals surface area contributed by atoms with Crippen LogP contribution in [0.1, 0.15) is 29.8 Å². The Morgan fingerprint density at radius 3 is 2.81 bits per heavy atom. The number of carbonyl (C=O) groups excluding carboxylic acids is 1. The van der Waals surface area contributed by atoms with E-state index in [4.69, 9.17) is 4.74 Å². The standard InChI is InChI=1S/C21H22N2O2S/c1-14-7-6-8-16(11-14)21-23-17(13-26-21)12-20(24)22-15(2)18-9-4-5-10-19(18)25-3/h4-11,13,15H,12H2,1-3H3,(H,22,24). The second-order valence-electron chi connectivity index (χ2n) is 6.22. The highest BCUT2D eigenvalue weighted by molar-refractivity contribution is 7.13. The minimum atomic E-state index is -0.131. The van der Waals surface area contributed by atoms with Crippen molar-refractivity contribution in [3.8, 4) is 16.3 Å². The molecule has 1 atom stereocenters. The lowest BCUT2D eigenvalue weighted by Gasteiger charge is -2.17. The second kappa shape index (κ2) is 8.15. The Morgan fingerprint density at radius 2 is 2.04 bits per heavy atom. The van der Waals surface area contributed by atoms with E-state index >= 15 is 0 Å². The molecule has 0 radical (unpaired) electrons. The lowest BCUT2D eigenvalue weighted by molar-refractivity contribution is -0.121. The molecule has 1 heterocycles. The summed E-state index contributed by atoms with van der Waals surface area (Å²) in [6.45, 7) is 4.01. The van der Waals surface area contributed by atoms with Crippen LogP contribution in [-0.4, -0.2) is 18.0 Å². The maximum atomic E-state index is 12.4. The number of rotatable bonds is 6. The van der Waals surface area contributed by atoms with Crippen molar-refractivity contribution in [2.24, 2.45) is 0 Å². The van der Waals surface area contributed by atoms with E-state index in [1.807, 2.05) is 48.7 Å². The van der Waals surface area contributed by atoms with Gasteiger partial charge >= 0.3 is 0 Å². The molecule has 0 aliphatic carbocycles. The van der Waals surface area contributed by atoms with Gasteiger partial charge in [0.1, 0.15) is 10.8 Å². The van der Waals surface area contributed by atoms with Gasteiger partial charge in [-0.25, -0.2) is 4.98 Å². The molecule has 0 spiro atoms. The van der Waals surface area contributed by atoms with Gasteiger partial charge in [-0.2, -0.15) is 0 Å². The number of nitrogens with zero attached hydrogens (tertiary/aromatic N) is 1. The van der Waals surface area contributed by atoms with Crippen LogP contribution in [-0.2, 0) is 11.2 Å². The fourth-order valence-corrected chi connectivity index (χ4v) is 3.67. The van der Waals surface area contributed by atoms with E-state index in [9.17, 15) is 4.79 Å². The summed E-state index contributed by atoms with van der Waals surface area (Å²) in [4.78, 5) is 17.0. The fraction of sp³-hybridized carbons (Fsp3) is 0.238. The number of benzene rings is 2. The van der Waals surface area contributed by atoms with E-state index in [2.05, 4.69) is 29.4 Å². The van der Waals surface area contributed by atoms with E-state index in [0.29, 0.717) is 0 Å². The first-order valence-corrected chi connectivity index (χ1v) is 9.38. The lowest BCUT2D eigenvalue weighted by Crippen LogP contribution is -2.28. The van der Waals surface area contributed by atoms with Crippen molar-refractivity contribution >= 4 is 17.2 Å². The summed E-state index contributed by atoms with van der Waals surface area (Å²) >= 11 is 1.56. The van der Waals surface area contributed by atoms with E-state index < -0.39 is 0 Å². The minimum Gasteiger partial charge on any atom is -0.496 e. The van der Waals surface area contributed by atoms with Gasteiger partial charge in [-0.1, -0.05) is 42.0 Å². The Morgan fingerprint density at radius 1 is 1.23 bits per heavy atom. The molecular formula is C21H22N2O2S. The molecular weight excluding hydrogens is 344 g/mol. The van der Waals surface area contributed by atoms with Crippen molar-refractivity contribution in [3.05, 3.63) is 70.7 Å². The predicted molar refractivity (Wildman–Crippen MR) is 106 cm³/mol. The highest BCUT2D eigenvalue weighted by Gasteiger charge is 2.15. The molecule has 0 aliphatic heterocycles. The van der Waals surface area contributed by atoms with E-state index in [-0.39, 0.29) is 18.4 Å². The number of aromatic nitrogens is 1. The monoisotopic (exact) mass is 366 g/mol. The molecule has 4 nitrogen and oxygen atoms in total. The second-order valence-corrected chi connectivity index (χ2v) is 7.08. The van der Waals surface area contributed by atoms with Gasteiger partial charge in [-0.05, 0) is 26.0 Å². The van der Waals surface area contributed by atoms with Crippen molar-refractivity contribution in [3.63, 3.8) is 0 Å². The zero-order valence-corrected chi connectivity index (χ0v) is 16.0. The molecule has 0 saturated carbocycles. The zero-order chi connectivity index (χ0) is 18.5. The molecule has 3 rings (SSSR count). The average Bonchev–Trinajstić information content (AvgIpc) is 3.10.